The summed E-state index contributed by atoms with van der Waals surface area (Å²) < 4.78 is 39.7. The summed E-state index contributed by atoms with van der Waals surface area (Å²) in [5, 5.41) is 3.73. The van der Waals surface area contributed by atoms with E-state index in [9.17, 15) is 22.4 Å². The van der Waals surface area contributed by atoms with Gasteiger partial charge in [-0.05, 0) is 42.5 Å². The molecule has 1 fully saturated rings. The summed E-state index contributed by atoms with van der Waals surface area (Å²) in [7, 11) is -3.74. The Hall–Kier alpha value is -3.24. The Labute approximate surface area is 185 Å². The van der Waals surface area contributed by atoms with Gasteiger partial charge in [-0.2, -0.15) is 4.31 Å². The highest BCUT2D eigenvalue weighted by Gasteiger charge is 2.30. The van der Waals surface area contributed by atoms with Gasteiger partial charge in [0, 0.05) is 56.1 Å². The number of anilines is 1. The van der Waals surface area contributed by atoms with E-state index >= 15 is 0 Å². The first-order chi connectivity index (χ1) is 15.3. The Bertz CT molecular complexity index is 1230. The fourth-order valence-corrected chi connectivity index (χ4v) is 5.14. The van der Waals surface area contributed by atoms with Gasteiger partial charge in [-0.25, -0.2) is 12.8 Å². The number of fused-ring (bicyclic) bond motifs is 1. The lowest BCUT2D eigenvalue weighted by molar-refractivity contribution is -0.133. The number of nitrogens with one attached hydrogen (secondary N) is 2. The van der Waals surface area contributed by atoms with E-state index < -0.39 is 15.8 Å². The van der Waals surface area contributed by atoms with Gasteiger partial charge in [0.25, 0.3) is 0 Å². The molecule has 1 aliphatic rings. The number of aromatic amines is 1. The van der Waals surface area contributed by atoms with Crippen LogP contribution in [0.25, 0.3) is 10.9 Å². The second-order valence-electron chi connectivity index (χ2n) is 7.53. The molecule has 0 unspecified atom stereocenters. The van der Waals surface area contributed by atoms with E-state index in [0.29, 0.717) is 5.69 Å². The Morgan fingerprint density at radius 3 is 2.41 bits per heavy atom. The van der Waals surface area contributed by atoms with Gasteiger partial charge in [0.15, 0.2) is 0 Å². The van der Waals surface area contributed by atoms with E-state index in [1.54, 1.807) is 17.2 Å². The summed E-state index contributed by atoms with van der Waals surface area (Å²) in [4.78, 5) is 29.5. The van der Waals surface area contributed by atoms with Gasteiger partial charge in [0.2, 0.25) is 21.8 Å². The van der Waals surface area contributed by atoms with E-state index in [1.165, 1.54) is 16.4 Å². The van der Waals surface area contributed by atoms with Crippen LogP contribution < -0.4 is 5.32 Å². The zero-order valence-electron chi connectivity index (χ0n) is 17.3. The SMILES string of the molecule is O=C(CCC(=O)N1CCN(S(=O)(=O)c2ccc(F)cc2)CC1)Nc1cccc2[nH]ccc12. The maximum absolute atomic E-state index is 13.1. The molecule has 2 amide bonds. The van der Waals surface area contributed by atoms with Crippen LogP contribution in [0.15, 0.2) is 59.6 Å². The van der Waals surface area contributed by atoms with Crippen molar-refractivity contribution < 1.29 is 22.4 Å². The number of sulfonamides is 1. The second kappa shape index (κ2) is 9.09. The van der Waals surface area contributed by atoms with Gasteiger partial charge in [-0.1, -0.05) is 6.07 Å². The molecule has 2 heterocycles. The maximum Gasteiger partial charge on any atom is 0.243 e. The average molecular weight is 459 g/mol. The molecule has 4 rings (SSSR count). The molecule has 0 radical (unpaired) electrons. The molecular formula is C22H23FN4O4S. The smallest absolute Gasteiger partial charge is 0.243 e. The molecule has 10 heteroatoms. The number of H-pyrrole nitrogens is 1. The third-order valence-electron chi connectivity index (χ3n) is 5.48. The highest BCUT2D eigenvalue weighted by Crippen LogP contribution is 2.22. The number of rotatable bonds is 6. The molecular weight excluding hydrogens is 435 g/mol. The average Bonchev–Trinajstić information content (AvgIpc) is 3.28. The predicted molar refractivity (Wildman–Crippen MR) is 118 cm³/mol. The summed E-state index contributed by atoms with van der Waals surface area (Å²) in [5.41, 5.74) is 1.59. The number of hydrogen-bond acceptors (Lipinski definition) is 4. The molecule has 3 aromatic rings. The van der Waals surface area contributed by atoms with Crippen LogP contribution in [0.4, 0.5) is 10.1 Å². The normalized spacial score (nSPS) is 15.1. The number of hydrogen-bond donors (Lipinski definition) is 2. The summed E-state index contributed by atoms with van der Waals surface area (Å²) in [6.45, 7) is 0.771. The van der Waals surface area contributed by atoms with Crippen molar-refractivity contribution in [3.05, 3.63) is 60.5 Å². The fraction of sp³-hybridized carbons (Fsp3) is 0.273. The molecule has 32 heavy (non-hydrogen) atoms. The standard InChI is InChI=1S/C22H23FN4O4S/c23-16-4-6-17(7-5-16)32(30,31)27-14-12-26(13-15-27)22(29)9-8-21(28)25-20-3-1-2-19-18(20)10-11-24-19/h1-7,10-11,24H,8-9,12-15H2,(H,25,28). The maximum atomic E-state index is 13.1. The minimum absolute atomic E-state index is 0.0211. The summed E-state index contributed by atoms with van der Waals surface area (Å²) in [6, 6.07) is 12.1. The third kappa shape index (κ3) is 4.66. The molecule has 1 aliphatic heterocycles. The lowest BCUT2D eigenvalue weighted by atomic mass is 10.2. The second-order valence-corrected chi connectivity index (χ2v) is 9.47. The largest absolute Gasteiger partial charge is 0.361 e. The Morgan fingerprint density at radius 1 is 0.969 bits per heavy atom. The van der Waals surface area contributed by atoms with Gasteiger partial charge in [-0.15, -0.1) is 0 Å². The van der Waals surface area contributed by atoms with Crippen molar-refractivity contribution >= 4 is 38.4 Å². The number of nitrogens with zero attached hydrogens (tertiary/aromatic N) is 2. The van der Waals surface area contributed by atoms with Crippen LogP contribution in [-0.4, -0.2) is 60.6 Å². The lowest BCUT2D eigenvalue weighted by Crippen LogP contribution is -2.50. The number of halogens is 1. The Morgan fingerprint density at radius 2 is 1.69 bits per heavy atom. The topological polar surface area (TPSA) is 103 Å². The zero-order valence-corrected chi connectivity index (χ0v) is 18.1. The quantitative estimate of drug-likeness (QED) is 0.593. The lowest BCUT2D eigenvalue weighted by Gasteiger charge is -2.34. The molecule has 0 spiro atoms. The van der Waals surface area contributed by atoms with E-state index in [0.717, 1.165) is 23.0 Å². The van der Waals surface area contributed by atoms with Crippen LogP contribution >= 0.6 is 0 Å². The van der Waals surface area contributed by atoms with Crippen molar-refractivity contribution in [1.29, 1.82) is 0 Å². The molecule has 0 bridgehead atoms. The number of amides is 2. The number of benzene rings is 2. The van der Waals surface area contributed by atoms with E-state index in [4.69, 9.17) is 0 Å². The van der Waals surface area contributed by atoms with E-state index in [2.05, 4.69) is 10.3 Å². The first kappa shape index (κ1) is 22.0. The van der Waals surface area contributed by atoms with Crippen LogP contribution in [-0.2, 0) is 19.6 Å². The monoisotopic (exact) mass is 458 g/mol. The molecule has 1 saturated heterocycles. The molecule has 0 saturated carbocycles. The van der Waals surface area contributed by atoms with Crippen molar-refractivity contribution in [1.82, 2.24) is 14.2 Å². The zero-order chi connectivity index (χ0) is 22.7. The van der Waals surface area contributed by atoms with Crippen LogP contribution in [0.1, 0.15) is 12.8 Å². The number of carbonyl (C=O) groups is 2. The molecule has 0 aliphatic carbocycles. The molecule has 2 N–H and O–H groups in total. The van der Waals surface area contributed by atoms with Gasteiger partial charge in [0.1, 0.15) is 5.82 Å². The van der Waals surface area contributed by atoms with Crippen LogP contribution in [0, 0.1) is 5.82 Å². The minimum Gasteiger partial charge on any atom is -0.361 e. The molecule has 8 nitrogen and oxygen atoms in total. The highest BCUT2D eigenvalue weighted by molar-refractivity contribution is 7.89. The minimum atomic E-state index is -3.74. The predicted octanol–water partition coefficient (Wildman–Crippen LogP) is 2.56. The number of piperazine rings is 1. The van der Waals surface area contributed by atoms with Crippen molar-refractivity contribution in [2.24, 2.45) is 0 Å². The Kier molecular flexibility index (Phi) is 6.24. The van der Waals surface area contributed by atoms with Gasteiger partial charge in [-0.3, -0.25) is 9.59 Å². The Balaban J connectivity index is 1.28. The fourth-order valence-electron chi connectivity index (χ4n) is 3.72. The molecule has 2 aromatic carbocycles. The van der Waals surface area contributed by atoms with E-state index in [-0.39, 0.29) is 55.7 Å². The van der Waals surface area contributed by atoms with Gasteiger partial charge < -0.3 is 15.2 Å². The third-order valence-corrected chi connectivity index (χ3v) is 7.39. The van der Waals surface area contributed by atoms with Gasteiger partial charge >= 0.3 is 0 Å². The van der Waals surface area contributed by atoms with Crippen molar-refractivity contribution in [3.8, 4) is 0 Å². The van der Waals surface area contributed by atoms with Crippen molar-refractivity contribution in [3.63, 3.8) is 0 Å². The summed E-state index contributed by atoms with van der Waals surface area (Å²) in [6.07, 6.45) is 1.87. The molecule has 168 valence electrons. The van der Waals surface area contributed by atoms with Gasteiger partial charge in [0.05, 0.1) is 10.6 Å². The van der Waals surface area contributed by atoms with Crippen LogP contribution in [0.3, 0.4) is 0 Å². The van der Waals surface area contributed by atoms with Crippen molar-refractivity contribution in [2.75, 3.05) is 31.5 Å². The van der Waals surface area contributed by atoms with Crippen LogP contribution in [0.2, 0.25) is 0 Å². The summed E-state index contributed by atoms with van der Waals surface area (Å²) in [5.74, 6) is -0.961. The van der Waals surface area contributed by atoms with Crippen LogP contribution in [0.5, 0.6) is 0 Å². The summed E-state index contributed by atoms with van der Waals surface area (Å²) >= 11 is 0. The first-order valence-corrected chi connectivity index (χ1v) is 11.7. The highest BCUT2D eigenvalue weighted by atomic mass is 32.2. The number of carbonyl (C=O) groups excluding carboxylic acids is 2. The number of aromatic nitrogens is 1. The molecule has 0 atom stereocenters. The molecule has 1 aromatic heterocycles. The van der Waals surface area contributed by atoms with Crippen molar-refractivity contribution in [2.45, 2.75) is 17.7 Å². The van der Waals surface area contributed by atoms with E-state index in [1.807, 2.05) is 18.2 Å². The first-order valence-electron chi connectivity index (χ1n) is 10.2.